The average Bonchev–Trinajstić information content (AvgIpc) is 3.23. The van der Waals surface area contributed by atoms with Crippen LogP contribution in [0.4, 0.5) is 16.0 Å². The molecule has 8 nitrogen and oxygen atoms in total. The van der Waals surface area contributed by atoms with Gasteiger partial charge in [-0.05, 0) is 63.8 Å². The van der Waals surface area contributed by atoms with Gasteiger partial charge in [0, 0.05) is 31.0 Å². The third kappa shape index (κ3) is 5.66. The number of aromatic nitrogens is 4. The van der Waals surface area contributed by atoms with Gasteiger partial charge in [0.15, 0.2) is 11.6 Å². The fourth-order valence-corrected chi connectivity index (χ4v) is 3.82. The monoisotopic (exact) mass is 452 g/mol. The van der Waals surface area contributed by atoms with E-state index in [9.17, 15) is 9.18 Å². The summed E-state index contributed by atoms with van der Waals surface area (Å²) in [5.41, 5.74) is 2.74. The van der Waals surface area contributed by atoms with Crippen molar-refractivity contribution >= 4 is 17.5 Å². The molecule has 1 amide bonds. The van der Waals surface area contributed by atoms with Crippen molar-refractivity contribution < 1.29 is 13.9 Å². The predicted molar refractivity (Wildman–Crippen MR) is 124 cm³/mol. The molecule has 0 unspecified atom stereocenters. The van der Waals surface area contributed by atoms with Crippen LogP contribution in [0.2, 0.25) is 0 Å². The second kappa shape index (κ2) is 9.97. The number of hydrogen-bond acceptors (Lipinski definition) is 6. The van der Waals surface area contributed by atoms with Crippen molar-refractivity contribution in [3.8, 4) is 17.0 Å². The Labute approximate surface area is 192 Å². The van der Waals surface area contributed by atoms with Crippen molar-refractivity contribution in [3.63, 3.8) is 0 Å². The van der Waals surface area contributed by atoms with Crippen LogP contribution in [0.15, 0.2) is 36.8 Å². The number of carbonyl (C=O) groups excluding carboxylic acids is 1. The quantitative estimate of drug-likeness (QED) is 0.574. The zero-order chi connectivity index (χ0) is 23.4. The zero-order valence-electron chi connectivity index (χ0n) is 19.2. The van der Waals surface area contributed by atoms with Crippen molar-refractivity contribution in [2.75, 3.05) is 18.4 Å². The molecule has 3 aromatic rings. The molecule has 2 aromatic heterocycles. The van der Waals surface area contributed by atoms with Gasteiger partial charge in [0.1, 0.15) is 6.54 Å². The maximum Gasteiger partial charge on any atom is 0.244 e. The van der Waals surface area contributed by atoms with Gasteiger partial charge in [0.25, 0.3) is 0 Å². The normalized spacial score (nSPS) is 13.9. The highest BCUT2D eigenvalue weighted by atomic mass is 19.1. The van der Waals surface area contributed by atoms with Gasteiger partial charge in [-0.3, -0.25) is 9.48 Å². The van der Waals surface area contributed by atoms with E-state index in [0.29, 0.717) is 22.9 Å². The number of benzene rings is 1. The summed E-state index contributed by atoms with van der Waals surface area (Å²) in [7, 11) is 0. The summed E-state index contributed by atoms with van der Waals surface area (Å²) in [6.07, 6.45) is 8.25. The van der Waals surface area contributed by atoms with Crippen molar-refractivity contribution in [1.82, 2.24) is 24.6 Å². The first-order valence-electron chi connectivity index (χ1n) is 11.3. The van der Waals surface area contributed by atoms with Crippen LogP contribution in [-0.4, -0.2) is 49.7 Å². The van der Waals surface area contributed by atoms with Crippen LogP contribution in [0.1, 0.15) is 38.7 Å². The lowest BCUT2D eigenvalue weighted by Gasteiger charge is -2.26. The van der Waals surface area contributed by atoms with Gasteiger partial charge in [-0.1, -0.05) is 0 Å². The van der Waals surface area contributed by atoms with Gasteiger partial charge in [0.2, 0.25) is 11.9 Å². The molecule has 1 aliphatic heterocycles. The maximum atomic E-state index is 14.5. The number of piperidine rings is 1. The number of aryl methyl sites for hydroxylation is 1. The highest BCUT2D eigenvalue weighted by Gasteiger charge is 2.17. The molecule has 3 heterocycles. The molecule has 174 valence electrons. The minimum atomic E-state index is -0.437. The Hall–Kier alpha value is -3.49. The van der Waals surface area contributed by atoms with Gasteiger partial charge < -0.3 is 15.0 Å². The molecule has 0 saturated carbocycles. The summed E-state index contributed by atoms with van der Waals surface area (Å²) in [6, 6.07) is 4.81. The molecule has 1 fully saturated rings. The SMILES string of the molecule is Cc1cnc(Nc2cnn(CC(=O)N3CCCCC3)c2)nc1-c1ccc(OC(C)C)c(F)c1. The number of nitrogens with zero attached hydrogens (tertiary/aromatic N) is 5. The lowest BCUT2D eigenvalue weighted by Crippen LogP contribution is -2.37. The molecule has 1 aliphatic rings. The molecule has 0 atom stereocenters. The van der Waals surface area contributed by atoms with Crippen LogP contribution >= 0.6 is 0 Å². The van der Waals surface area contributed by atoms with Crippen molar-refractivity contribution in [2.24, 2.45) is 0 Å². The third-order valence-electron chi connectivity index (χ3n) is 5.44. The van der Waals surface area contributed by atoms with E-state index in [0.717, 1.165) is 31.5 Å². The second-order valence-electron chi connectivity index (χ2n) is 8.53. The Bertz CT molecular complexity index is 1120. The summed E-state index contributed by atoms with van der Waals surface area (Å²) >= 11 is 0. The molecule has 33 heavy (non-hydrogen) atoms. The molecule has 9 heteroatoms. The highest BCUT2D eigenvalue weighted by Crippen LogP contribution is 2.28. The number of amides is 1. The largest absolute Gasteiger partial charge is 0.488 e. The second-order valence-corrected chi connectivity index (χ2v) is 8.53. The predicted octanol–water partition coefficient (Wildman–Crippen LogP) is 4.33. The Balaban J connectivity index is 1.46. The van der Waals surface area contributed by atoms with E-state index in [1.54, 1.807) is 35.4 Å². The maximum absolute atomic E-state index is 14.5. The Morgan fingerprint density at radius 3 is 2.73 bits per heavy atom. The van der Waals surface area contributed by atoms with Crippen LogP contribution in [0.25, 0.3) is 11.3 Å². The minimum absolute atomic E-state index is 0.0742. The summed E-state index contributed by atoms with van der Waals surface area (Å²) in [4.78, 5) is 23.3. The Morgan fingerprint density at radius 1 is 1.21 bits per heavy atom. The van der Waals surface area contributed by atoms with Gasteiger partial charge in [-0.2, -0.15) is 5.10 Å². The van der Waals surface area contributed by atoms with Crippen molar-refractivity contribution in [3.05, 3.63) is 48.2 Å². The fourth-order valence-electron chi connectivity index (χ4n) is 3.82. The number of ether oxygens (including phenoxy) is 1. The van der Waals surface area contributed by atoms with E-state index in [1.807, 2.05) is 25.7 Å². The summed E-state index contributed by atoms with van der Waals surface area (Å²) < 4.78 is 21.6. The molecule has 0 spiro atoms. The number of anilines is 2. The molecule has 0 bridgehead atoms. The number of carbonyl (C=O) groups is 1. The molecule has 1 saturated heterocycles. The van der Waals surface area contributed by atoms with Gasteiger partial charge in [-0.25, -0.2) is 14.4 Å². The van der Waals surface area contributed by atoms with Crippen LogP contribution in [0.5, 0.6) is 5.75 Å². The molecule has 1 aromatic carbocycles. The molecule has 0 radical (unpaired) electrons. The van der Waals surface area contributed by atoms with E-state index in [2.05, 4.69) is 20.4 Å². The van der Waals surface area contributed by atoms with Crippen LogP contribution in [0, 0.1) is 12.7 Å². The molecule has 4 rings (SSSR count). The van der Waals surface area contributed by atoms with Gasteiger partial charge in [-0.15, -0.1) is 0 Å². The number of nitrogens with one attached hydrogen (secondary N) is 1. The number of hydrogen-bond donors (Lipinski definition) is 1. The van der Waals surface area contributed by atoms with Crippen LogP contribution in [0.3, 0.4) is 0 Å². The first-order chi connectivity index (χ1) is 15.9. The van der Waals surface area contributed by atoms with E-state index < -0.39 is 5.82 Å². The van der Waals surface area contributed by atoms with Crippen LogP contribution < -0.4 is 10.1 Å². The van der Waals surface area contributed by atoms with E-state index in [4.69, 9.17) is 4.74 Å². The van der Waals surface area contributed by atoms with E-state index >= 15 is 0 Å². The third-order valence-corrected chi connectivity index (χ3v) is 5.44. The Kier molecular flexibility index (Phi) is 6.86. The van der Waals surface area contributed by atoms with Crippen molar-refractivity contribution in [1.29, 1.82) is 0 Å². The molecular formula is C24H29FN6O2. The topological polar surface area (TPSA) is 85.2 Å². The van der Waals surface area contributed by atoms with Gasteiger partial charge >= 0.3 is 0 Å². The minimum Gasteiger partial charge on any atom is -0.488 e. The fraction of sp³-hybridized carbons (Fsp3) is 0.417. The first-order valence-corrected chi connectivity index (χ1v) is 11.3. The van der Waals surface area contributed by atoms with Gasteiger partial charge in [0.05, 0.1) is 23.7 Å². The average molecular weight is 453 g/mol. The lowest BCUT2D eigenvalue weighted by molar-refractivity contribution is -0.132. The molecule has 0 aliphatic carbocycles. The van der Waals surface area contributed by atoms with Crippen molar-refractivity contribution in [2.45, 2.75) is 52.7 Å². The highest BCUT2D eigenvalue weighted by molar-refractivity contribution is 5.76. The number of halogens is 1. The zero-order valence-corrected chi connectivity index (χ0v) is 19.2. The summed E-state index contributed by atoms with van der Waals surface area (Å²) in [5, 5.41) is 7.40. The Morgan fingerprint density at radius 2 is 2.00 bits per heavy atom. The lowest BCUT2D eigenvalue weighted by atomic mass is 10.1. The number of rotatable bonds is 7. The smallest absolute Gasteiger partial charge is 0.244 e. The standard InChI is InChI=1S/C24H29FN6O2/c1-16(2)33-21-8-7-18(11-20(21)25)23-17(3)12-26-24(29-23)28-19-13-27-31(14-19)15-22(32)30-9-5-4-6-10-30/h7-8,11-14,16H,4-6,9-10,15H2,1-3H3,(H,26,28,29). The summed E-state index contributed by atoms with van der Waals surface area (Å²) in [5.74, 6) is 0.212. The van der Waals surface area contributed by atoms with Crippen LogP contribution in [-0.2, 0) is 11.3 Å². The molecule has 1 N–H and O–H groups in total. The summed E-state index contributed by atoms with van der Waals surface area (Å²) in [6.45, 7) is 7.41. The van der Waals surface area contributed by atoms with E-state index in [1.165, 1.54) is 12.5 Å². The molecular weight excluding hydrogens is 423 g/mol. The first kappa shape index (κ1) is 22.7. The van der Waals surface area contributed by atoms with E-state index in [-0.39, 0.29) is 24.3 Å². The number of likely N-dealkylation sites (tertiary alicyclic amines) is 1.